The van der Waals surface area contributed by atoms with Gasteiger partial charge in [0.2, 0.25) is 11.8 Å². The molecular formula is C24H24N2O3. The Bertz CT molecular complexity index is 979. The standard InChI is InChI=1S/C24H24N2O3/c1-15-8-13-20-21(14-15)24(29)26(23(20)28)19-11-9-18(10-12-19)22(27)25-16(2)17-6-4-3-5-7-17/h3-12,16,20-21H,13-14H2,1-2H3,(H,25,27)/t16-,20+,21-/m0/s1. The highest BCUT2D eigenvalue weighted by molar-refractivity contribution is 6.22. The number of nitrogens with one attached hydrogen (secondary N) is 1. The first-order valence-corrected chi connectivity index (χ1v) is 9.95. The summed E-state index contributed by atoms with van der Waals surface area (Å²) in [6.07, 6.45) is 3.32. The lowest BCUT2D eigenvalue weighted by atomic mass is 9.82. The van der Waals surface area contributed by atoms with Gasteiger partial charge in [0, 0.05) is 5.56 Å². The van der Waals surface area contributed by atoms with Crippen LogP contribution in [0.3, 0.4) is 0 Å². The van der Waals surface area contributed by atoms with E-state index in [2.05, 4.69) is 11.4 Å². The largest absolute Gasteiger partial charge is 0.346 e. The number of anilines is 1. The second-order valence-electron chi connectivity index (χ2n) is 7.87. The molecule has 0 bridgehead atoms. The highest BCUT2D eigenvalue weighted by Gasteiger charge is 2.48. The summed E-state index contributed by atoms with van der Waals surface area (Å²) in [5.74, 6) is -0.996. The lowest BCUT2D eigenvalue weighted by Gasteiger charge is -2.18. The number of amides is 3. The van der Waals surface area contributed by atoms with Crippen LogP contribution in [-0.4, -0.2) is 17.7 Å². The Kier molecular flexibility index (Phi) is 5.05. The molecule has 0 radical (unpaired) electrons. The number of rotatable bonds is 4. The summed E-state index contributed by atoms with van der Waals surface area (Å²) in [5.41, 5.74) is 3.20. The fourth-order valence-corrected chi connectivity index (χ4v) is 4.16. The molecule has 1 saturated heterocycles. The van der Waals surface area contributed by atoms with E-state index in [-0.39, 0.29) is 35.6 Å². The monoisotopic (exact) mass is 388 g/mol. The SMILES string of the molecule is CC1=CC[C@H]2C(=O)N(c3ccc(C(=O)N[C@@H](C)c4ccccc4)cc3)C(=O)[C@H]2C1. The Morgan fingerprint density at radius 1 is 1.00 bits per heavy atom. The molecule has 1 aliphatic heterocycles. The zero-order valence-corrected chi connectivity index (χ0v) is 16.6. The molecule has 0 spiro atoms. The van der Waals surface area contributed by atoms with Crippen molar-refractivity contribution in [2.75, 3.05) is 4.90 Å². The summed E-state index contributed by atoms with van der Waals surface area (Å²) < 4.78 is 0. The van der Waals surface area contributed by atoms with E-state index in [4.69, 9.17) is 0 Å². The van der Waals surface area contributed by atoms with Crippen molar-refractivity contribution < 1.29 is 14.4 Å². The van der Waals surface area contributed by atoms with Crippen molar-refractivity contribution in [1.82, 2.24) is 5.32 Å². The maximum Gasteiger partial charge on any atom is 0.251 e. The van der Waals surface area contributed by atoms with E-state index in [1.165, 1.54) is 4.90 Å². The van der Waals surface area contributed by atoms with Crippen LogP contribution >= 0.6 is 0 Å². The van der Waals surface area contributed by atoms with Gasteiger partial charge in [-0.3, -0.25) is 19.3 Å². The second kappa shape index (κ2) is 7.66. The van der Waals surface area contributed by atoms with Crippen LogP contribution in [-0.2, 0) is 9.59 Å². The Balaban J connectivity index is 1.47. The van der Waals surface area contributed by atoms with Crippen molar-refractivity contribution in [2.45, 2.75) is 32.7 Å². The van der Waals surface area contributed by atoms with Crippen LogP contribution in [0.2, 0.25) is 0 Å². The van der Waals surface area contributed by atoms with Gasteiger partial charge in [0.05, 0.1) is 23.6 Å². The quantitative estimate of drug-likeness (QED) is 0.635. The van der Waals surface area contributed by atoms with Crippen molar-refractivity contribution in [3.63, 3.8) is 0 Å². The van der Waals surface area contributed by atoms with Crippen molar-refractivity contribution in [1.29, 1.82) is 0 Å². The third-order valence-corrected chi connectivity index (χ3v) is 5.86. The molecular weight excluding hydrogens is 364 g/mol. The first-order chi connectivity index (χ1) is 14.0. The first-order valence-electron chi connectivity index (χ1n) is 9.95. The fraction of sp³-hybridized carbons (Fsp3) is 0.292. The van der Waals surface area contributed by atoms with Crippen LogP contribution in [0, 0.1) is 11.8 Å². The molecule has 1 heterocycles. The molecule has 1 fully saturated rings. The van der Waals surface area contributed by atoms with Crippen LogP contribution in [0.5, 0.6) is 0 Å². The van der Waals surface area contributed by atoms with E-state index in [0.29, 0.717) is 24.1 Å². The van der Waals surface area contributed by atoms with Gasteiger partial charge in [-0.1, -0.05) is 42.0 Å². The molecule has 0 aromatic heterocycles. The minimum absolute atomic E-state index is 0.121. The molecule has 1 aliphatic carbocycles. The molecule has 148 valence electrons. The molecule has 4 rings (SSSR count). The third kappa shape index (κ3) is 3.60. The molecule has 2 aromatic rings. The maximum atomic E-state index is 12.8. The molecule has 0 unspecified atom stereocenters. The minimum atomic E-state index is -0.263. The predicted molar refractivity (Wildman–Crippen MR) is 111 cm³/mol. The Morgan fingerprint density at radius 3 is 2.34 bits per heavy atom. The number of carbonyl (C=O) groups excluding carboxylic acids is 3. The van der Waals surface area contributed by atoms with Crippen molar-refractivity contribution in [2.24, 2.45) is 11.8 Å². The molecule has 3 amide bonds. The van der Waals surface area contributed by atoms with Crippen molar-refractivity contribution >= 4 is 23.4 Å². The number of hydrogen-bond acceptors (Lipinski definition) is 3. The molecule has 0 saturated carbocycles. The van der Waals surface area contributed by atoms with E-state index in [9.17, 15) is 14.4 Å². The summed E-state index contributed by atoms with van der Waals surface area (Å²) in [7, 11) is 0. The van der Waals surface area contributed by atoms with Gasteiger partial charge in [0.15, 0.2) is 0 Å². The highest BCUT2D eigenvalue weighted by Crippen LogP contribution is 2.39. The molecule has 5 heteroatoms. The number of nitrogens with zero attached hydrogens (tertiary/aromatic N) is 1. The smallest absolute Gasteiger partial charge is 0.251 e. The van der Waals surface area contributed by atoms with Crippen LogP contribution in [0.4, 0.5) is 5.69 Å². The summed E-state index contributed by atoms with van der Waals surface area (Å²) in [5, 5.41) is 2.97. The zero-order valence-electron chi connectivity index (χ0n) is 16.6. The van der Waals surface area contributed by atoms with Crippen LogP contribution < -0.4 is 10.2 Å². The number of allylic oxidation sites excluding steroid dienone is 2. The molecule has 5 nitrogen and oxygen atoms in total. The van der Waals surface area contributed by atoms with Gasteiger partial charge in [-0.05, 0) is 56.5 Å². The van der Waals surface area contributed by atoms with Crippen molar-refractivity contribution in [3.8, 4) is 0 Å². The predicted octanol–water partition coefficient (Wildman–Crippen LogP) is 4.02. The van der Waals surface area contributed by atoms with E-state index in [1.54, 1.807) is 24.3 Å². The van der Waals surface area contributed by atoms with Gasteiger partial charge in [-0.25, -0.2) is 0 Å². The molecule has 3 atom stereocenters. The summed E-state index contributed by atoms with van der Waals surface area (Å²) >= 11 is 0. The summed E-state index contributed by atoms with van der Waals surface area (Å²) in [6, 6.07) is 16.3. The zero-order chi connectivity index (χ0) is 20.5. The van der Waals surface area contributed by atoms with Crippen LogP contribution in [0.25, 0.3) is 0 Å². The average Bonchev–Trinajstić information content (AvgIpc) is 2.98. The van der Waals surface area contributed by atoms with Gasteiger partial charge in [0.1, 0.15) is 0 Å². The second-order valence-corrected chi connectivity index (χ2v) is 7.87. The van der Waals surface area contributed by atoms with Gasteiger partial charge in [-0.15, -0.1) is 0 Å². The van der Waals surface area contributed by atoms with Crippen molar-refractivity contribution in [3.05, 3.63) is 77.4 Å². The Morgan fingerprint density at radius 2 is 1.66 bits per heavy atom. The van der Waals surface area contributed by atoms with E-state index >= 15 is 0 Å². The van der Waals surface area contributed by atoms with Gasteiger partial charge < -0.3 is 5.32 Å². The van der Waals surface area contributed by atoms with Gasteiger partial charge >= 0.3 is 0 Å². The number of fused-ring (bicyclic) bond motifs is 1. The summed E-state index contributed by atoms with van der Waals surface area (Å²) in [6.45, 7) is 3.93. The summed E-state index contributed by atoms with van der Waals surface area (Å²) in [4.78, 5) is 39.4. The Labute approximate surface area is 170 Å². The molecule has 29 heavy (non-hydrogen) atoms. The molecule has 2 aromatic carbocycles. The van der Waals surface area contributed by atoms with Gasteiger partial charge in [0.25, 0.3) is 5.91 Å². The normalized spacial score (nSPS) is 22.1. The third-order valence-electron chi connectivity index (χ3n) is 5.86. The molecule has 2 aliphatic rings. The van der Waals surface area contributed by atoms with Crippen LogP contribution in [0.1, 0.15) is 48.7 Å². The topological polar surface area (TPSA) is 66.5 Å². The average molecular weight is 388 g/mol. The highest BCUT2D eigenvalue weighted by atomic mass is 16.2. The minimum Gasteiger partial charge on any atom is -0.346 e. The Hall–Kier alpha value is -3.21. The van der Waals surface area contributed by atoms with E-state index in [1.807, 2.05) is 44.2 Å². The van der Waals surface area contributed by atoms with E-state index < -0.39 is 0 Å². The number of imide groups is 1. The molecule has 1 N–H and O–H groups in total. The van der Waals surface area contributed by atoms with Crippen LogP contribution in [0.15, 0.2) is 66.2 Å². The maximum absolute atomic E-state index is 12.8. The number of hydrogen-bond donors (Lipinski definition) is 1. The fourth-order valence-electron chi connectivity index (χ4n) is 4.16. The lowest BCUT2D eigenvalue weighted by molar-refractivity contribution is -0.122. The number of benzene rings is 2. The number of carbonyl (C=O) groups is 3. The van der Waals surface area contributed by atoms with E-state index in [0.717, 1.165) is 11.1 Å². The van der Waals surface area contributed by atoms with Gasteiger partial charge in [-0.2, -0.15) is 0 Å². The lowest BCUT2D eigenvalue weighted by Crippen LogP contribution is -2.31. The first kappa shape index (κ1) is 19.1.